The van der Waals surface area contributed by atoms with Gasteiger partial charge in [-0.15, -0.1) is 6.58 Å². The molecule has 0 aromatic rings. The van der Waals surface area contributed by atoms with E-state index in [9.17, 15) is 5.11 Å². The molecule has 0 spiro atoms. The Morgan fingerprint density at radius 2 is 2.20 bits per heavy atom. The zero-order valence-electron chi connectivity index (χ0n) is 12.1. The summed E-state index contributed by atoms with van der Waals surface area (Å²) >= 11 is 0. The predicted octanol–water partition coefficient (Wildman–Crippen LogP) is 0.0951. The molecule has 0 saturated carbocycles. The van der Waals surface area contributed by atoms with Crippen LogP contribution in [0.1, 0.15) is 12.8 Å². The van der Waals surface area contributed by atoms with Gasteiger partial charge in [0.25, 0.3) is 0 Å². The van der Waals surface area contributed by atoms with Crippen LogP contribution in [0.2, 0.25) is 0 Å². The SMILES string of the molecule is C=CCN1CN(C)C(C#CC2(O)CN3CCC2CC3)O1. The van der Waals surface area contributed by atoms with Gasteiger partial charge in [-0.3, -0.25) is 14.6 Å². The lowest BCUT2D eigenvalue weighted by Crippen LogP contribution is -2.58. The first-order valence-electron chi connectivity index (χ1n) is 7.31. The molecule has 20 heavy (non-hydrogen) atoms. The zero-order chi connectivity index (χ0) is 14.2. The monoisotopic (exact) mass is 277 g/mol. The normalized spacial score (nSPS) is 41.4. The summed E-state index contributed by atoms with van der Waals surface area (Å²) in [5, 5.41) is 12.6. The Morgan fingerprint density at radius 1 is 1.45 bits per heavy atom. The van der Waals surface area contributed by atoms with E-state index in [0.717, 1.165) is 25.9 Å². The van der Waals surface area contributed by atoms with Crippen molar-refractivity contribution in [3.05, 3.63) is 12.7 Å². The van der Waals surface area contributed by atoms with E-state index in [1.807, 2.05) is 23.1 Å². The van der Waals surface area contributed by atoms with Gasteiger partial charge in [0.05, 0.1) is 6.67 Å². The van der Waals surface area contributed by atoms with E-state index in [2.05, 4.69) is 23.3 Å². The summed E-state index contributed by atoms with van der Waals surface area (Å²) in [6.07, 6.45) is 3.64. The largest absolute Gasteiger partial charge is 0.376 e. The van der Waals surface area contributed by atoms with Crippen molar-refractivity contribution in [3.8, 4) is 11.8 Å². The fourth-order valence-corrected chi connectivity index (χ4v) is 3.33. The molecule has 2 bridgehead atoms. The van der Waals surface area contributed by atoms with Gasteiger partial charge in [0.2, 0.25) is 0 Å². The summed E-state index contributed by atoms with van der Waals surface area (Å²) < 4.78 is 0. The van der Waals surface area contributed by atoms with Gasteiger partial charge in [-0.2, -0.15) is 5.06 Å². The molecule has 110 valence electrons. The van der Waals surface area contributed by atoms with Crippen molar-refractivity contribution in [2.24, 2.45) is 5.92 Å². The minimum absolute atomic E-state index is 0.269. The first kappa shape index (κ1) is 14.1. The summed E-state index contributed by atoms with van der Waals surface area (Å²) in [7, 11) is 1.98. The highest BCUT2D eigenvalue weighted by Crippen LogP contribution is 2.35. The van der Waals surface area contributed by atoms with E-state index < -0.39 is 5.60 Å². The van der Waals surface area contributed by atoms with E-state index in [0.29, 0.717) is 25.7 Å². The molecule has 0 amide bonds. The van der Waals surface area contributed by atoms with Gasteiger partial charge in [-0.25, -0.2) is 0 Å². The summed E-state index contributed by atoms with van der Waals surface area (Å²) in [5.41, 5.74) is -0.855. The van der Waals surface area contributed by atoms with Crippen molar-refractivity contribution < 1.29 is 9.94 Å². The van der Waals surface area contributed by atoms with Crippen LogP contribution in [0, 0.1) is 17.8 Å². The zero-order valence-corrected chi connectivity index (χ0v) is 12.1. The first-order chi connectivity index (χ1) is 9.60. The minimum atomic E-state index is -0.855. The van der Waals surface area contributed by atoms with Crippen LogP contribution in [0.15, 0.2) is 12.7 Å². The molecule has 4 saturated heterocycles. The highest BCUT2D eigenvalue weighted by molar-refractivity contribution is 5.22. The maximum absolute atomic E-state index is 10.8. The van der Waals surface area contributed by atoms with Crippen LogP contribution in [-0.4, -0.2) is 71.7 Å². The average Bonchev–Trinajstić information content (AvgIpc) is 2.78. The Morgan fingerprint density at radius 3 is 2.80 bits per heavy atom. The molecule has 0 aromatic carbocycles. The molecule has 0 aliphatic carbocycles. The van der Waals surface area contributed by atoms with Crippen molar-refractivity contribution in [2.45, 2.75) is 24.7 Å². The predicted molar refractivity (Wildman–Crippen MR) is 76.3 cm³/mol. The molecule has 4 fully saturated rings. The van der Waals surface area contributed by atoms with Gasteiger partial charge >= 0.3 is 0 Å². The Labute approximate surface area is 120 Å². The Bertz CT molecular complexity index is 436. The summed E-state index contributed by atoms with van der Waals surface area (Å²) in [5.74, 6) is 6.54. The maximum atomic E-state index is 10.8. The maximum Gasteiger partial charge on any atom is 0.195 e. The topological polar surface area (TPSA) is 39.2 Å². The molecule has 2 atom stereocenters. The third-order valence-electron chi connectivity index (χ3n) is 4.50. The van der Waals surface area contributed by atoms with Crippen LogP contribution in [0.25, 0.3) is 0 Å². The number of aliphatic hydroxyl groups is 1. The molecule has 5 nitrogen and oxygen atoms in total. The Hall–Kier alpha value is -0.900. The number of hydrogen-bond donors (Lipinski definition) is 1. The second-order valence-electron chi connectivity index (χ2n) is 6.05. The highest BCUT2D eigenvalue weighted by Gasteiger charge is 2.44. The van der Waals surface area contributed by atoms with Crippen LogP contribution < -0.4 is 0 Å². The third kappa shape index (κ3) is 2.62. The molecule has 4 rings (SSSR count). The number of piperidine rings is 3. The number of hydrogen-bond acceptors (Lipinski definition) is 5. The van der Waals surface area contributed by atoms with E-state index in [1.165, 1.54) is 0 Å². The number of fused-ring (bicyclic) bond motifs is 3. The average molecular weight is 277 g/mol. The molecular weight excluding hydrogens is 254 g/mol. The molecule has 1 N–H and O–H groups in total. The van der Waals surface area contributed by atoms with Gasteiger partial charge in [0.15, 0.2) is 6.23 Å². The lowest BCUT2D eigenvalue weighted by Gasteiger charge is -2.47. The quantitative estimate of drug-likeness (QED) is 0.572. The smallest absolute Gasteiger partial charge is 0.195 e. The van der Waals surface area contributed by atoms with E-state index in [4.69, 9.17) is 4.84 Å². The van der Waals surface area contributed by atoms with Crippen LogP contribution in [-0.2, 0) is 4.84 Å². The molecule has 2 unspecified atom stereocenters. The lowest BCUT2D eigenvalue weighted by atomic mass is 9.76. The van der Waals surface area contributed by atoms with Gasteiger partial charge < -0.3 is 5.11 Å². The van der Waals surface area contributed by atoms with Gasteiger partial charge in [-0.1, -0.05) is 12.0 Å². The van der Waals surface area contributed by atoms with Crippen molar-refractivity contribution in [2.75, 3.05) is 39.9 Å². The number of rotatable bonds is 2. The van der Waals surface area contributed by atoms with Crippen LogP contribution in [0.3, 0.4) is 0 Å². The second-order valence-corrected chi connectivity index (χ2v) is 6.05. The standard InChI is InChI=1S/C15H23N3O2/c1-3-8-18-12-16(2)14(20-18)4-7-15(19)11-17-9-5-13(15)6-10-17/h3,13-14,19H,1,5-6,8-12H2,2H3. The Balaban J connectivity index is 1.67. The molecule has 0 radical (unpaired) electrons. The van der Waals surface area contributed by atoms with Crippen LogP contribution in [0.5, 0.6) is 0 Å². The summed E-state index contributed by atoms with van der Waals surface area (Å²) in [4.78, 5) is 10.1. The van der Waals surface area contributed by atoms with E-state index in [1.54, 1.807) is 0 Å². The molecule has 0 aromatic heterocycles. The fraction of sp³-hybridized carbons (Fsp3) is 0.733. The fourth-order valence-electron chi connectivity index (χ4n) is 3.33. The van der Waals surface area contributed by atoms with E-state index in [-0.39, 0.29) is 6.23 Å². The first-order valence-corrected chi connectivity index (χ1v) is 7.31. The lowest BCUT2D eigenvalue weighted by molar-refractivity contribution is -0.125. The van der Waals surface area contributed by atoms with E-state index >= 15 is 0 Å². The van der Waals surface area contributed by atoms with Crippen molar-refractivity contribution in [3.63, 3.8) is 0 Å². The molecular formula is C15H23N3O2. The number of nitrogens with zero attached hydrogens (tertiary/aromatic N) is 3. The highest BCUT2D eigenvalue weighted by atomic mass is 16.7. The summed E-state index contributed by atoms with van der Waals surface area (Å²) in [6, 6.07) is 0. The van der Waals surface area contributed by atoms with Gasteiger partial charge in [-0.05, 0) is 38.9 Å². The van der Waals surface area contributed by atoms with Crippen molar-refractivity contribution in [1.82, 2.24) is 14.9 Å². The Kier molecular flexibility index (Phi) is 3.85. The van der Waals surface area contributed by atoms with Crippen LogP contribution in [0.4, 0.5) is 0 Å². The van der Waals surface area contributed by atoms with Crippen molar-refractivity contribution in [1.29, 1.82) is 0 Å². The van der Waals surface area contributed by atoms with Gasteiger partial charge in [0, 0.05) is 19.0 Å². The minimum Gasteiger partial charge on any atom is -0.376 e. The molecule has 4 aliphatic rings. The second kappa shape index (κ2) is 5.47. The third-order valence-corrected chi connectivity index (χ3v) is 4.50. The molecule has 5 heteroatoms. The molecule has 4 heterocycles. The van der Waals surface area contributed by atoms with Gasteiger partial charge in [0.1, 0.15) is 5.60 Å². The molecule has 4 aliphatic heterocycles. The van der Waals surface area contributed by atoms with Crippen molar-refractivity contribution >= 4 is 0 Å². The summed E-state index contributed by atoms with van der Waals surface area (Å²) in [6.45, 7) is 7.98. The van der Waals surface area contributed by atoms with Crippen LogP contribution >= 0.6 is 0 Å². The number of hydroxylamine groups is 2.